The van der Waals surface area contributed by atoms with Crippen LogP contribution in [0.3, 0.4) is 0 Å². The predicted molar refractivity (Wildman–Crippen MR) is 99.4 cm³/mol. The molecule has 132 valence electrons. The number of hydrogen-bond donors (Lipinski definition) is 1. The fraction of sp³-hybridized carbons (Fsp3) is 0.150. The Morgan fingerprint density at radius 1 is 1.12 bits per heavy atom. The SMILES string of the molecule is CC(=O)N(CCC(=O)Nc1cccc(F)c1)c1cccc2cccnc12. The van der Waals surface area contributed by atoms with Crippen LogP contribution in [0.15, 0.2) is 60.8 Å². The molecule has 2 amide bonds. The molecule has 0 aliphatic heterocycles. The van der Waals surface area contributed by atoms with Crippen molar-refractivity contribution in [2.75, 3.05) is 16.8 Å². The van der Waals surface area contributed by atoms with Gasteiger partial charge < -0.3 is 10.2 Å². The number of carbonyl (C=O) groups excluding carboxylic acids is 2. The molecule has 0 saturated carbocycles. The second-order valence-electron chi connectivity index (χ2n) is 5.83. The van der Waals surface area contributed by atoms with Crippen molar-refractivity contribution in [2.45, 2.75) is 13.3 Å². The molecule has 2 aromatic carbocycles. The van der Waals surface area contributed by atoms with Crippen molar-refractivity contribution >= 4 is 34.1 Å². The summed E-state index contributed by atoms with van der Waals surface area (Å²) in [6.45, 7) is 1.65. The van der Waals surface area contributed by atoms with Gasteiger partial charge in [-0.25, -0.2) is 4.39 Å². The molecule has 0 saturated heterocycles. The number of carbonyl (C=O) groups is 2. The molecule has 0 unspecified atom stereocenters. The normalized spacial score (nSPS) is 10.5. The van der Waals surface area contributed by atoms with Crippen LogP contribution in [0, 0.1) is 5.82 Å². The van der Waals surface area contributed by atoms with Crippen molar-refractivity contribution in [3.8, 4) is 0 Å². The third-order valence-electron chi connectivity index (χ3n) is 3.95. The number of halogens is 1. The fourth-order valence-electron chi connectivity index (χ4n) is 2.76. The van der Waals surface area contributed by atoms with Crippen molar-refractivity contribution in [1.29, 1.82) is 0 Å². The summed E-state index contributed by atoms with van der Waals surface area (Å²) in [5.74, 6) is -0.897. The van der Waals surface area contributed by atoms with Crippen LogP contribution in [-0.4, -0.2) is 23.3 Å². The minimum atomic E-state index is -0.421. The maximum Gasteiger partial charge on any atom is 0.226 e. The predicted octanol–water partition coefficient (Wildman–Crippen LogP) is 3.76. The number of aromatic nitrogens is 1. The zero-order valence-electron chi connectivity index (χ0n) is 14.3. The van der Waals surface area contributed by atoms with Crippen LogP contribution in [-0.2, 0) is 9.59 Å². The number of nitrogens with zero attached hydrogens (tertiary/aromatic N) is 2. The Kier molecular flexibility index (Phi) is 5.22. The summed E-state index contributed by atoms with van der Waals surface area (Å²) in [5.41, 5.74) is 1.75. The maximum atomic E-state index is 13.2. The van der Waals surface area contributed by atoms with E-state index in [4.69, 9.17) is 0 Å². The molecule has 0 aliphatic carbocycles. The van der Waals surface area contributed by atoms with E-state index in [0.717, 1.165) is 5.39 Å². The van der Waals surface area contributed by atoms with Gasteiger partial charge in [-0.3, -0.25) is 14.6 Å². The second-order valence-corrected chi connectivity index (χ2v) is 5.83. The molecule has 0 bridgehead atoms. The molecule has 1 heterocycles. The molecule has 1 N–H and O–H groups in total. The largest absolute Gasteiger partial charge is 0.326 e. The highest BCUT2D eigenvalue weighted by atomic mass is 19.1. The van der Waals surface area contributed by atoms with Crippen LogP contribution in [0.5, 0.6) is 0 Å². The lowest BCUT2D eigenvalue weighted by Gasteiger charge is -2.22. The summed E-state index contributed by atoms with van der Waals surface area (Å²) < 4.78 is 13.2. The standard InChI is InChI=1S/C20H18FN3O2/c1-14(25)24(18-9-2-5-15-6-4-11-22-20(15)18)12-10-19(26)23-17-8-3-7-16(21)13-17/h2-9,11,13H,10,12H2,1H3,(H,23,26). The van der Waals surface area contributed by atoms with Crippen molar-refractivity contribution in [2.24, 2.45) is 0 Å². The first-order chi connectivity index (χ1) is 12.5. The Bertz CT molecular complexity index is 953. The minimum Gasteiger partial charge on any atom is -0.326 e. The lowest BCUT2D eigenvalue weighted by molar-refractivity contribution is -0.117. The molecular weight excluding hydrogens is 333 g/mol. The molecule has 6 heteroatoms. The van der Waals surface area contributed by atoms with Gasteiger partial charge in [0, 0.05) is 37.2 Å². The van der Waals surface area contributed by atoms with Gasteiger partial charge in [0.15, 0.2) is 0 Å². The minimum absolute atomic E-state index is 0.0827. The summed E-state index contributed by atoms with van der Waals surface area (Å²) in [6.07, 6.45) is 1.75. The summed E-state index contributed by atoms with van der Waals surface area (Å²) in [5, 5.41) is 3.55. The topological polar surface area (TPSA) is 62.3 Å². The summed E-state index contributed by atoms with van der Waals surface area (Å²) in [4.78, 5) is 30.2. The number of fused-ring (bicyclic) bond motifs is 1. The van der Waals surface area contributed by atoms with E-state index in [2.05, 4.69) is 10.3 Å². The van der Waals surface area contributed by atoms with Gasteiger partial charge in [-0.2, -0.15) is 0 Å². The van der Waals surface area contributed by atoms with Crippen LogP contribution >= 0.6 is 0 Å². The van der Waals surface area contributed by atoms with Crippen LogP contribution in [0.4, 0.5) is 15.8 Å². The molecule has 1 aromatic heterocycles. The van der Waals surface area contributed by atoms with Crippen molar-refractivity contribution in [3.05, 3.63) is 66.6 Å². The van der Waals surface area contributed by atoms with Gasteiger partial charge in [0.05, 0.1) is 11.2 Å². The summed E-state index contributed by atoms with van der Waals surface area (Å²) >= 11 is 0. The quantitative estimate of drug-likeness (QED) is 0.761. The van der Waals surface area contributed by atoms with E-state index in [9.17, 15) is 14.0 Å². The number of anilines is 2. The molecule has 3 rings (SSSR count). The Labute approximate surface area is 150 Å². The average molecular weight is 351 g/mol. The molecular formula is C20H18FN3O2. The van der Waals surface area contributed by atoms with E-state index in [-0.39, 0.29) is 24.8 Å². The Morgan fingerprint density at radius 2 is 1.88 bits per heavy atom. The van der Waals surface area contributed by atoms with Crippen molar-refractivity contribution in [1.82, 2.24) is 4.98 Å². The number of rotatable bonds is 5. The number of amides is 2. The number of benzene rings is 2. The molecule has 26 heavy (non-hydrogen) atoms. The van der Waals surface area contributed by atoms with Crippen molar-refractivity contribution in [3.63, 3.8) is 0 Å². The number of nitrogens with one attached hydrogen (secondary N) is 1. The number of hydrogen-bond acceptors (Lipinski definition) is 3. The maximum absolute atomic E-state index is 13.2. The molecule has 0 radical (unpaired) electrons. The Hall–Kier alpha value is -3.28. The van der Waals surface area contributed by atoms with E-state index in [0.29, 0.717) is 16.9 Å². The first-order valence-corrected chi connectivity index (χ1v) is 8.22. The first-order valence-electron chi connectivity index (χ1n) is 8.22. The molecule has 0 atom stereocenters. The zero-order chi connectivity index (χ0) is 18.5. The van der Waals surface area contributed by atoms with E-state index in [1.54, 1.807) is 18.3 Å². The molecule has 0 spiro atoms. The fourth-order valence-corrected chi connectivity index (χ4v) is 2.76. The summed E-state index contributed by atoms with van der Waals surface area (Å²) in [7, 11) is 0. The number of pyridine rings is 1. The van der Waals surface area contributed by atoms with Gasteiger partial charge in [0.1, 0.15) is 5.82 Å². The molecule has 3 aromatic rings. The Morgan fingerprint density at radius 3 is 2.65 bits per heavy atom. The van der Waals surface area contributed by atoms with Gasteiger partial charge in [-0.05, 0) is 30.3 Å². The molecule has 5 nitrogen and oxygen atoms in total. The molecule has 0 aliphatic rings. The van der Waals surface area contributed by atoms with Gasteiger partial charge in [-0.1, -0.05) is 24.3 Å². The van der Waals surface area contributed by atoms with Gasteiger partial charge in [0.2, 0.25) is 11.8 Å². The third kappa shape index (κ3) is 4.03. The third-order valence-corrected chi connectivity index (χ3v) is 3.95. The van der Waals surface area contributed by atoms with Gasteiger partial charge in [0.25, 0.3) is 0 Å². The summed E-state index contributed by atoms with van der Waals surface area (Å²) in [6, 6.07) is 15.0. The number of para-hydroxylation sites is 1. The highest BCUT2D eigenvalue weighted by Gasteiger charge is 2.16. The lowest BCUT2D eigenvalue weighted by atomic mass is 10.1. The smallest absolute Gasteiger partial charge is 0.226 e. The van der Waals surface area contributed by atoms with Gasteiger partial charge in [-0.15, -0.1) is 0 Å². The second kappa shape index (κ2) is 7.74. The monoisotopic (exact) mass is 351 g/mol. The first kappa shape index (κ1) is 17.5. The van der Waals surface area contributed by atoms with E-state index < -0.39 is 5.82 Å². The highest BCUT2D eigenvalue weighted by Crippen LogP contribution is 2.25. The van der Waals surface area contributed by atoms with E-state index >= 15 is 0 Å². The average Bonchev–Trinajstić information content (AvgIpc) is 2.62. The van der Waals surface area contributed by atoms with E-state index in [1.807, 2.05) is 24.3 Å². The highest BCUT2D eigenvalue weighted by molar-refractivity contribution is 6.01. The van der Waals surface area contributed by atoms with Crippen LogP contribution < -0.4 is 10.2 Å². The van der Waals surface area contributed by atoms with Crippen molar-refractivity contribution < 1.29 is 14.0 Å². The van der Waals surface area contributed by atoms with Crippen LogP contribution in [0.25, 0.3) is 10.9 Å². The lowest BCUT2D eigenvalue weighted by Crippen LogP contribution is -2.32. The van der Waals surface area contributed by atoms with Crippen LogP contribution in [0.1, 0.15) is 13.3 Å². The van der Waals surface area contributed by atoms with Crippen LogP contribution in [0.2, 0.25) is 0 Å². The molecule has 0 fully saturated rings. The zero-order valence-corrected chi connectivity index (χ0v) is 14.3. The van der Waals surface area contributed by atoms with E-state index in [1.165, 1.54) is 30.0 Å². The Balaban J connectivity index is 1.75. The van der Waals surface area contributed by atoms with Gasteiger partial charge >= 0.3 is 0 Å².